The third-order valence-electron chi connectivity index (χ3n) is 3.77. The molecule has 0 saturated carbocycles. The normalized spacial score (nSPS) is 11.4. The van der Waals surface area contributed by atoms with Crippen molar-refractivity contribution >= 4 is 33.9 Å². The minimum atomic E-state index is 0.363. The van der Waals surface area contributed by atoms with Gasteiger partial charge in [-0.15, -0.1) is 10.2 Å². The zero-order valence-electron chi connectivity index (χ0n) is 14.1. The average molecular weight is 357 g/mol. The first kappa shape index (κ1) is 17.0. The number of benzene rings is 2. The van der Waals surface area contributed by atoms with E-state index in [2.05, 4.69) is 20.7 Å². The molecular formula is C18H17ClN4O2. The number of rotatable bonds is 5. The molecule has 0 bridgehead atoms. The van der Waals surface area contributed by atoms with Gasteiger partial charge in [-0.25, -0.2) is 0 Å². The topological polar surface area (TPSA) is 68.6 Å². The van der Waals surface area contributed by atoms with Gasteiger partial charge in [0.1, 0.15) is 0 Å². The van der Waals surface area contributed by atoms with Crippen molar-refractivity contribution in [2.45, 2.75) is 6.92 Å². The van der Waals surface area contributed by atoms with Crippen LogP contribution in [0.4, 0.5) is 5.82 Å². The minimum absolute atomic E-state index is 0.363. The van der Waals surface area contributed by atoms with Crippen molar-refractivity contribution in [3.05, 3.63) is 53.2 Å². The Morgan fingerprint density at radius 1 is 1.00 bits per heavy atom. The van der Waals surface area contributed by atoms with E-state index in [1.165, 1.54) is 0 Å². The van der Waals surface area contributed by atoms with Crippen molar-refractivity contribution in [3.63, 3.8) is 0 Å². The van der Waals surface area contributed by atoms with E-state index in [1.807, 2.05) is 49.4 Å². The summed E-state index contributed by atoms with van der Waals surface area (Å²) in [4.78, 5) is 0. The van der Waals surface area contributed by atoms with Gasteiger partial charge in [0.25, 0.3) is 0 Å². The Balaban J connectivity index is 1.91. The van der Waals surface area contributed by atoms with Crippen molar-refractivity contribution in [2.24, 2.45) is 5.10 Å². The molecule has 0 amide bonds. The van der Waals surface area contributed by atoms with E-state index in [0.29, 0.717) is 22.5 Å². The van der Waals surface area contributed by atoms with Gasteiger partial charge in [0.05, 0.1) is 19.9 Å². The van der Waals surface area contributed by atoms with E-state index >= 15 is 0 Å². The molecule has 1 aromatic heterocycles. The van der Waals surface area contributed by atoms with Crippen molar-refractivity contribution in [2.75, 3.05) is 19.6 Å². The molecule has 0 spiro atoms. The molecule has 0 unspecified atom stereocenters. The number of fused-ring (bicyclic) bond motifs is 1. The van der Waals surface area contributed by atoms with Gasteiger partial charge in [-0.05, 0) is 25.1 Å². The van der Waals surface area contributed by atoms with E-state index in [1.54, 1.807) is 14.2 Å². The highest BCUT2D eigenvalue weighted by atomic mass is 35.5. The van der Waals surface area contributed by atoms with Gasteiger partial charge in [-0.2, -0.15) is 5.10 Å². The largest absolute Gasteiger partial charge is 0.493 e. The van der Waals surface area contributed by atoms with Crippen molar-refractivity contribution in [1.29, 1.82) is 0 Å². The molecule has 25 heavy (non-hydrogen) atoms. The maximum Gasteiger partial charge on any atom is 0.176 e. The quantitative estimate of drug-likeness (QED) is 0.549. The van der Waals surface area contributed by atoms with Gasteiger partial charge >= 0.3 is 0 Å². The summed E-state index contributed by atoms with van der Waals surface area (Å²) in [6, 6.07) is 13.2. The molecule has 1 N–H and O–H groups in total. The number of aromatic nitrogens is 2. The number of hydrogen-bond acceptors (Lipinski definition) is 6. The molecule has 0 aliphatic heterocycles. The van der Waals surface area contributed by atoms with E-state index in [0.717, 1.165) is 22.0 Å². The zero-order chi connectivity index (χ0) is 17.8. The minimum Gasteiger partial charge on any atom is -0.493 e. The second kappa shape index (κ2) is 7.36. The summed E-state index contributed by atoms with van der Waals surface area (Å²) in [6.45, 7) is 1.89. The number of anilines is 1. The summed E-state index contributed by atoms with van der Waals surface area (Å²) in [6.07, 6.45) is 0. The van der Waals surface area contributed by atoms with Gasteiger partial charge in [0.15, 0.2) is 22.5 Å². The third-order valence-corrected chi connectivity index (χ3v) is 4.05. The summed E-state index contributed by atoms with van der Waals surface area (Å²) >= 11 is 6.09. The number of methoxy groups -OCH3 is 2. The average Bonchev–Trinajstić information content (AvgIpc) is 2.67. The Hall–Kier alpha value is -2.86. The summed E-state index contributed by atoms with van der Waals surface area (Å²) in [5.74, 6) is 1.85. The molecule has 2 aromatic carbocycles. The number of ether oxygens (including phenoxy) is 2. The maximum atomic E-state index is 6.09. The van der Waals surface area contributed by atoms with Crippen LogP contribution in [0.3, 0.4) is 0 Å². The summed E-state index contributed by atoms with van der Waals surface area (Å²) < 4.78 is 10.6. The van der Waals surface area contributed by atoms with Crippen LogP contribution in [0, 0.1) is 0 Å². The van der Waals surface area contributed by atoms with Gasteiger partial charge in [-0.3, -0.25) is 5.43 Å². The predicted molar refractivity (Wildman–Crippen MR) is 99.9 cm³/mol. The lowest BCUT2D eigenvalue weighted by atomic mass is 10.1. The van der Waals surface area contributed by atoms with Gasteiger partial charge in [-0.1, -0.05) is 35.9 Å². The molecular weight excluding hydrogens is 340 g/mol. The van der Waals surface area contributed by atoms with Gasteiger partial charge in [0, 0.05) is 16.3 Å². The molecule has 0 aliphatic carbocycles. The van der Waals surface area contributed by atoms with E-state index in [4.69, 9.17) is 21.1 Å². The Bertz CT molecular complexity index is 944. The van der Waals surface area contributed by atoms with E-state index in [-0.39, 0.29) is 0 Å². The number of hydrogen-bond donors (Lipinski definition) is 1. The van der Waals surface area contributed by atoms with Crippen LogP contribution < -0.4 is 14.9 Å². The lowest BCUT2D eigenvalue weighted by Gasteiger charge is -2.10. The second-order valence-corrected chi connectivity index (χ2v) is 5.62. The maximum absolute atomic E-state index is 6.09. The third kappa shape index (κ3) is 3.49. The first-order valence-electron chi connectivity index (χ1n) is 7.57. The molecule has 1 heterocycles. The second-order valence-electron chi connectivity index (χ2n) is 5.26. The Morgan fingerprint density at radius 2 is 1.72 bits per heavy atom. The standard InChI is InChI=1S/C18H17ClN4O2/c1-11(12-8-9-15(24-2)16(10-12)25-3)20-22-18-14-7-5-4-6-13(14)17(19)21-23-18/h4-10H,1-3H3,(H,22,23)/b20-11-. The van der Waals surface area contributed by atoms with Crippen LogP contribution in [0.25, 0.3) is 10.8 Å². The molecule has 7 heteroatoms. The fourth-order valence-corrected chi connectivity index (χ4v) is 2.62. The van der Waals surface area contributed by atoms with Crippen molar-refractivity contribution < 1.29 is 9.47 Å². The van der Waals surface area contributed by atoms with Gasteiger partial charge < -0.3 is 9.47 Å². The van der Waals surface area contributed by atoms with Crippen LogP contribution in [0.1, 0.15) is 12.5 Å². The van der Waals surface area contributed by atoms with Crippen LogP contribution in [-0.4, -0.2) is 30.1 Å². The molecule has 3 aromatic rings. The summed E-state index contributed by atoms with van der Waals surface area (Å²) in [7, 11) is 3.20. The number of nitrogens with one attached hydrogen (secondary N) is 1. The molecule has 6 nitrogen and oxygen atoms in total. The highest BCUT2D eigenvalue weighted by Gasteiger charge is 2.09. The van der Waals surface area contributed by atoms with Crippen LogP contribution in [0.5, 0.6) is 11.5 Å². The molecule has 0 radical (unpaired) electrons. The van der Waals surface area contributed by atoms with E-state index < -0.39 is 0 Å². The zero-order valence-corrected chi connectivity index (χ0v) is 14.8. The lowest BCUT2D eigenvalue weighted by molar-refractivity contribution is 0.355. The van der Waals surface area contributed by atoms with Gasteiger partial charge in [0.2, 0.25) is 0 Å². The SMILES string of the molecule is COc1ccc(/C(C)=N\Nc2nnc(Cl)c3ccccc23)cc1OC. The molecule has 0 saturated heterocycles. The highest BCUT2D eigenvalue weighted by Crippen LogP contribution is 2.28. The number of hydrazone groups is 1. The molecule has 0 atom stereocenters. The first-order valence-corrected chi connectivity index (χ1v) is 7.95. The number of halogens is 1. The summed E-state index contributed by atoms with van der Waals surface area (Å²) in [5.41, 5.74) is 4.63. The highest BCUT2D eigenvalue weighted by molar-refractivity contribution is 6.34. The molecule has 3 rings (SSSR count). The summed E-state index contributed by atoms with van der Waals surface area (Å²) in [5, 5.41) is 14.5. The van der Waals surface area contributed by atoms with Crippen LogP contribution in [0.2, 0.25) is 5.15 Å². The van der Waals surface area contributed by atoms with Crippen molar-refractivity contribution in [3.8, 4) is 11.5 Å². The fourth-order valence-electron chi connectivity index (χ4n) is 2.42. The fraction of sp³-hybridized carbons (Fsp3) is 0.167. The van der Waals surface area contributed by atoms with E-state index in [9.17, 15) is 0 Å². The molecule has 128 valence electrons. The Labute approximate surface area is 150 Å². The van der Waals surface area contributed by atoms with Crippen LogP contribution in [-0.2, 0) is 0 Å². The number of nitrogens with zero attached hydrogens (tertiary/aromatic N) is 3. The Morgan fingerprint density at radius 3 is 2.44 bits per heavy atom. The lowest BCUT2D eigenvalue weighted by Crippen LogP contribution is -2.03. The Kier molecular flexibility index (Phi) is 5.00. The molecule has 0 aliphatic rings. The van der Waals surface area contributed by atoms with Crippen LogP contribution >= 0.6 is 11.6 Å². The van der Waals surface area contributed by atoms with Crippen molar-refractivity contribution in [1.82, 2.24) is 10.2 Å². The first-order chi connectivity index (χ1) is 12.1. The predicted octanol–water partition coefficient (Wildman–Crippen LogP) is 4.14. The monoisotopic (exact) mass is 356 g/mol. The van der Waals surface area contributed by atoms with Crippen LogP contribution in [0.15, 0.2) is 47.6 Å². The smallest absolute Gasteiger partial charge is 0.176 e. The molecule has 0 fully saturated rings.